The highest BCUT2D eigenvalue weighted by Gasteiger charge is 2.58. The van der Waals surface area contributed by atoms with Crippen LogP contribution in [0.1, 0.15) is 41.0 Å². The van der Waals surface area contributed by atoms with Crippen molar-refractivity contribution in [1.82, 2.24) is 0 Å². The van der Waals surface area contributed by atoms with E-state index in [-0.39, 0.29) is 11.7 Å². The van der Waals surface area contributed by atoms with E-state index in [1.165, 1.54) is 6.92 Å². The van der Waals surface area contributed by atoms with Crippen molar-refractivity contribution in [3.63, 3.8) is 0 Å². The van der Waals surface area contributed by atoms with Crippen molar-refractivity contribution in [3.05, 3.63) is 35.5 Å². The fourth-order valence-electron chi connectivity index (χ4n) is 3.85. The number of carbonyl (C=O) groups excluding carboxylic acids is 3. The van der Waals surface area contributed by atoms with Gasteiger partial charge >= 0.3 is 17.9 Å². The number of aliphatic hydroxyl groups excluding tert-OH is 1. The molecule has 2 saturated heterocycles. The normalized spacial score (nSPS) is 42.1. The minimum absolute atomic E-state index is 0.0947. The van der Waals surface area contributed by atoms with Gasteiger partial charge in [-0.1, -0.05) is 12.7 Å². The van der Waals surface area contributed by atoms with Gasteiger partial charge in [0.15, 0.2) is 5.60 Å². The largest absolute Gasteiger partial charge is 0.458 e. The van der Waals surface area contributed by atoms with Crippen LogP contribution >= 0.6 is 0 Å². The van der Waals surface area contributed by atoms with Gasteiger partial charge in [0.05, 0.1) is 12.0 Å². The maximum Gasteiger partial charge on any atom is 0.341 e. The van der Waals surface area contributed by atoms with Crippen molar-refractivity contribution < 1.29 is 38.4 Å². The van der Waals surface area contributed by atoms with Crippen LogP contribution in [0.5, 0.6) is 0 Å². The van der Waals surface area contributed by atoms with Crippen LogP contribution in [0.15, 0.2) is 35.5 Å². The zero-order valence-corrected chi connectivity index (χ0v) is 17.8. The molecule has 8 heteroatoms. The summed E-state index contributed by atoms with van der Waals surface area (Å²) in [4.78, 5) is 36.4. The third-order valence-corrected chi connectivity index (χ3v) is 6.07. The fraction of sp³-hybridized carbons (Fsp3) is 0.591. The van der Waals surface area contributed by atoms with Crippen LogP contribution in [-0.2, 0) is 33.3 Å². The van der Waals surface area contributed by atoms with E-state index >= 15 is 0 Å². The number of ether oxygens (including phenoxy) is 4. The zero-order chi connectivity index (χ0) is 22.4. The van der Waals surface area contributed by atoms with Crippen LogP contribution in [-0.4, -0.2) is 59.1 Å². The monoisotopic (exact) mass is 420 g/mol. The molecule has 30 heavy (non-hydrogen) atoms. The summed E-state index contributed by atoms with van der Waals surface area (Å²) in [5, 5.41) is 11.2. The minimum atomic E-state index is -1.26. The molecule has 3 rings (SSSR count). The van der Waals surface area contributed by atoms with Gasteiger partial charge in [-0.2, -0.15) is 0 Å². The van der Waals surface area contributed by atoms with E-state index in [9.17, 15) is 19.5 Å². The van der Waals surface area contributed by atoms with Gasteiger partial charge in [0.25, 0.3) is 0 Å². The van der Waals surface area contributed by atoms with Crippen LogP contribution in [0.2, 0.25) is 0 Å². The summed E-state index contributed by atoms with van der Waals surface area (Å²) in [7, 11) is 0. The average molecular weight is 420 g/mol. The van der Waals surface area contributed by atoms with Crippen molar-refractivity contribution in [2.75, 3.05) is 0 Å². The first kappa shape index (κ1) is 22.2. The third-order valence-electron chi connectivity index (χ3n) is 6.07. The van der Waals surface area contributed by atoms with Crippen molar-refractivity contribution >= 4 is 17.9 Å². The fourth-order valence-corrected chi connectivity index (χ4v) is 3.85. The average Bonchev–Trinajstić information content (AvgIpc) is 3.18. The van der Waals surface area contributed by atoms with Gasteiger partial charge in [-0.3, -0.25) is 4.79 Å². The van der Waals surface area contributed by atoms with Crippen molar-refractivity contribution in [3.8, 4) is 0 Å². The predicted molar refractivity (Wildman–Crippen MR) is 105 cm³/mol. The lowest BCUT2D eigenvalue weighted by atomic mass is 9.83. The molecule has 1 N–H and O–H groups in total. The van der Waals surface area contributed by atoms with Crippen LogP contribution < -0.4 is 0 Å². The van der Waals surface area contributed by atoms with Gasteiger partial charge < -0.3 is 24.1 Å². The van der Waals surface area contributed by atoms with Gasteiger partial charge in [-0.05, 0) is 44.9 Å². The molecule has 0 aromatic carbocycles. The highest BCUT2D eigenvalue weighted by Crippen LogP contribution is 2.40. The molecule has 0 aromatic heterocycles. The second-order valence-corrected chi connectivity index (χ2v) is 8.30. The number of epoxide rings is 1. The standard InChI is InChI=1S/C22H28O8/c1-10-7-8-15(27-14(5)23)11(2)9-16-17(12(3)20(25)28-16)18(24)19(10)29-21(26)22(6)13(4)30-22/h7,9,13,15-19,24H,3,8H2,1-2,4-6H3/b10-7-,11-9-/t13-,15-,16-,17-,18-,19-,22+/m0/s1. The van der Waals surface area contributed by atoms with Crippen molar-refractivity contribution in [2.45, 2.75) is 77.2 Å². The summed E-state index contributed by atoms with van der Waals surface area (Å²) in [6.45, 7) is 11.9. The van der Waals surface area contributed by atoms with E-state index in [0.717, 1.165) is 0 Å². The quantitative estimate of drug-likeness (QED) is 0.242. The Morgan fingerprint density at radius 2 is 1.90 bits per heavy atom. The van der Waals surface area contributed by atoms with E-state index in [1.807, 2.05) is 0 Å². The third kappa shape index (κ3) is 4.06. The molecule has 0 radical (unpaired) electrons. The molecule has 8 nitrogen and oxygen atoms in total. The van der Waals surface area contributed by atoms with Crippen LogP contribution in [0.4, 0.5) is 0 Å². The molecule has 1 aliphatic carbocycles. The number of hydrogen-bond acceptors (Lipinski definition) is 8. The van der Waals surface area contributed by atoms with Crippen LogP contribution in [0.3, 0.4) is 0 Å². The topological polar surface area (TPSA) is 112 Å². The number of rotatable bonds is 3. The molecule has 0 spiro atoms. The summed E-state index contributed by atoms with van der Waals surface area (Å²) >= 11 is 0. The lowest BCUT2D eigenvalue weighted by Gasteiger charge is -2.31. The number of fused-ring (bicyclic) bond motifs is 1. The zero-order valence-electron chi connectivity index (χ0n) is 17.8. The molecule has 7 atom stereocenters. The van der Waals surface area contributed by atoms with Crippen LogP contribution in [0.25, 0.3) is 0 Å². The maximum absolute atomic E-state index is 12.7. The molecule has 2 aliphatic heterocycles. The molecule has 164 valence electrons. The molecular formula is C22H28O8. The van der Waals surface area contributed by atoms with Gasteiger partial charge in [0.2, 0.25) is 0 Å². The van der Waals surface area contributed by atoms with Crippen LogP contribution in [0, 0.1) is 5.92 Å². The van der Waals surface area contributed by atoms with Gasteiger partial charge in [0, 0.05) is 18.9 Å². The Kier molecular flexibility index (Phi) is 5.93. The first-order valence-corrected chi connectivity index (χ1v) is 9.94. The molecule has 3 aliphatic rings. The molecule has 0 bridgehead atoms. The Labute approximate surface area is 175 Å². The highest BCUT2D eigenvalue weighted by molar-refractivity contribution is 5.91. The number of carbonyl (C=O) groups is 3. The number of esters is 3. The molecular weight excluding hydrogens is 392 g/mol. The summed E-state index contributed by atoms with van der Waals surface area (Å²) in [5.41, 5.74) is 0.273. The van der Waals surface area contributed by atoms with E-state index in [1.54, 1.807) is 39.8 Å². The molecule has 2 heterocycles. The summed E-state index contributed by atoms with van der Waals surface area (Å²) in [5.74, 6) is -2.50. The van der Waals surface area contributed by atoms with E-state index in [0.29, 0.717) is 17.6 Å². The summed E-state index contributed by atoms with van der Waals surface area (Å²) < 4.78 is 21.8. The van der Waals surface area contributed by atoms with Crippen molar-refractivity contribution in [1.29, 1.82) is 0 Å². The molecule has 0 unspecified atom stereocenters. The van der Waals surface area contributed by atoms with Gasteiger partial charge in [-0.15, -0.1) is 0 Å². The number of hydrogen-bond donors (Lipinski definition) is 1. The SMILES string of the molecule is C=C1C(=O)O[C@H]2/C=C(/C)[C@@H](OC(C)=O)C/C=C(/C)[C@H](OC(=O)[C@]3(C)O[C@H]3C)[C@@H](O)[C@@H]12. The van der Waals surface area contributed by atoms with E-state index in [2.05, 4.69) is 6.58 Å². The Hall–Kier alpha value is -2.45. The van der Waals surface area contributed by atoms with Crippen molar-refractivity contribution in [2.24, 2.45) is 5.92 Å². The molecule has 2 fully saturated rings. The van der Waals surface area contributed by atoms with Gasteiger partial charge in [0.1, 0.15) is 24.4 Å². The van der Waals surface area contributed by atoms with E-state index in [4.69, 9.17) is 18.9 Å². The first-order valence-electron chi connectivity index (χ1n) is 9.94. The predicted octanol–water partition coefficient (Wildman–Crippen LogP) is 1.76. The lowest BCUT2D eigenvalue weighted by molar-refractivity contribution is -0.160. The molecule has 0 amide bonds. The molecule has 0 aromatic rings. The summed E-state index contributed by atoms with van der Waals surface area (Å²) in [6, 6.07) is 0. The Bertz CT molecular complexity index is 840. The highest BCUT2D eigenvalue weighted by atomic mass is 16.7. The Balaban J connectivity index is 1.98. The second-order valence-electron chi connectivity index (χ2n) is 8.30. The smallest absolute Gasteiger partial charge is 0.341 e. The van der Waals surface area contributed by atoms with Gasteiger partial charge in [-0.25, -0.2) is 9.59 Å². The lowest BCUT2D eigenvalue weighted by Crippen LogP contribution is -2.44. The Morgan fingerprint density at radius 1 is 1.27 bits per heavy atom. The van der Waals surface area contributed by atoms with E-state index < -0.39 is 53.8 Å². The minimum Gasteiger partial charge on any atom is -0.458 e. The maximum atomic E-state index is 12.7. The second kappa shape index (κ2) is 8.00. The Morgan fingerprint density at radius 3 is 2.47 bits per heavy atom. The number of aliphatic hydroxyl groups is 1. The summed E-state index contributed by atoms with van der Waals surface area (Å²) in [6.07, 6.45) is -0.284. The molecule has 0 saturated carbocycles. The first-order chi connectivity index (χ1) is 14.0.